The first-order chi connectivity index (χ1) is 17.1. The third kappa shape index (κ3) is 6.56. The Morgan fingerprint density at radius 3 is 1.94 bits per heavy atom. The molecule has 0 radical (unpaired) electrons. The van der Waals surface area contributed by atoms with Gasteiger partial charge < -0.3 is 44.8 Å². The highest BCUT2D eigenvalue weighted by Crippen LogP contribution is 2.35. The molecule has 2 aliphatic heterocycles. The fourth-order valence-electron chi connectivity index (χ4n) is 4.07. The van der Waals surface area contributed by atoms with Gasteiger partial charge in [0.1, 0.15) is 24.7 Å². The SMILES string of the molecule is CC(O)COc1ccc(Cl)c2c1B(O)O[C@@H]2CN.CC[C@H]1OB(O)c2c(OCC(C)O)ccc(Br)c21. The number of hydrogen-bond acceptors (Lipinski definition) is 9. The van der Waals surface area contributed by atoms with Crippen LogP contribution in [0.25, 0.3) is 0 Å². The molecule has 0 amide bonds. The third-order valence-electron chi connectivity index (χ3n) is 5.66. The molecule has 9 nitrogen and oxygen atoms in total. The standard InChI is InChI=1S/C12H16BBrO4.C11H15BClNO4/c1-3-9-11-8(14)4-5-10(17-6-7(2)15)12(11)13(16)18-9;1-6(15)5-17-8-3-2-7(13)10-9(4-14)18-12(16)11(8)10/h4-5,7,9,15-16H,3,6H2,1-2H3;2-3,6,9,15-16H,4-5,14H2,1H3/t7?,9-;6?,9-/m11/s1. The molecule has 0 saturated carbocycles. The molecule has 0 saturated heterocycles. The summed E-state index contributed by atoms with van der Waals surface area (Å²) in [5.41, 5.74) is 8.34. The Morgan fingerprint density at radius 1 is 0.944 bits per heavy atom. The molecule has 2 aromatic rings. The van der Waals surface area contributed by atoms with Crippen molar-refractivity contribution in [3.05, 3.63) is 44.9 Å². The Bertz CT molecular complexity index is 966. The summed E-state index contributed by atoms with van der Waals surface area (Å²) in [6.07, 6.45) is -0.924. The lowest BCUT2D eigenvalue weighted by Crippen LogP contribution is -2.31. The van der Waals surface area contributed by atoms with Gasteiger partial charge in [-0.05, 0) is 50.1 Å². The lowest BCUT2D eigenvalue weighted by Gasteiger charge is -2.14. The molecule has 36 heavy (non-hydrogen) atoms. The molecular weight excluding hydrogens is 555 g/mol. The molecule has 0 spiro atoms. The molecular formula is C23H31B2BrClNO8. The number of hydrogen-bond donors (Lipinski definition) is 5. The molecule has 0 bridgehead atoms. The van der Waals surface area contributed by atoms with Crippen LogP contribution in [0.4, 0.5) is 0 Å². The normalized spacial score (nSPS) is 19.8. The zero-order chi connectivity index (χ0) is 26.6. The van der Waals surface area contributed by atoms with Crippen LogP contribution < -0.4 is 26.1 Å². The first-order valence-corrected chi connectivity index (χ1v) is 12.9. The number of nitrogens with two attached hydrogens (primary N) is 1. The van der Waals surface area contributed by atoms with E-state index in [9.17, 15) is 20.3 Å². The van der Waals surface area contributed by atoms with Crippen molar-refractivity contribution in [2.75, 3.05) is 19.8 Å². The third-order valence-corrected chi connectivity index (χ3v) is 6.68. The molecule has 2 heterocycles. The van der Waals surface area contributed by atoms with Crippen molar-refractivity contribution in [3.8, 4) is 11.5 Å². The summed E-state index contributed by atoms with van der Waals surface area (Å²) in [4.78, 5) is 0. The minimum Gasteiger partial charge on any atom is -0.491 e. The zero-order valence-electron chi connectivity index (χ0n) is 20.4. The maximum Gasteiger partial charge on any atom is 0.495 e. The second-order valence-corrected chi connectivity index (χ2v) is 9.93. The number of benzene rings is 2. The monoisotopic (exact) mass is 585 g/mol. The number of aliphatic hydroxyl groups excluding tert-OH is 2. The van der Waals surface area contributed by atoms with Gasteiger partial charge in [-0.3, -0.25) is 0 Å². The topological polar surface area (TPSA) is 144 Å². The van der Waals surface area contributed by atoms with Crippen LogP contribution in [-0.2, 0) is 9.31 Å². The fraction of sp³-hybridized carbons (Fsp3) is 0.478. The van der Waals surface area contributed by atoms with Crippen LogP contribution in [0.2, 0.25) is 5.02 Å². The van der Waals surface area contributed by atoms with Gasteiger partial charge in [0, 0.05) is 32.5 Å². The summed E-state index contributed by atoms with van der Waals surface area (Å²) in [5.74, 6) is 1.02. The second-order valence-electron chi connectivity index (χ2n) is 8.66. The van der Waals surface area contributed by atoms with E-state index in [4.69, 9.17) is 36.1 Å². The highest BCUT2D eigenvalue weighted by Gasteiger charge is 2.40. The minimum absolute atomic E-state index is 0.125. The van der Waals surface area contributed by atoms with Crippen molar-refractivity contribution >= 4 is 52.7 Å². The van der Waals surface area contributed by atoms with Gasteiger partial charge in [-0.15, -0.1) is 0 Å². The number of ether oxygens (including phenoxy) is 2. The Hall–Kier alpha value is -1.34. The van der Waals surface area contributed by atoms with E-state index in [-0.39, 0.29) is 25.9 Å². The van der Waals surface area contributed by atoms with Gasteiger partial charge in [0.2, 0.25) is 0 Å². The predicted molar refractivity (Wildman–Crippen MR) is 142 cm³/mol. The largest absolute Gasteiger partial charge is 0.495 e. The van der Waals surface area contributed by atoms with E-state index >= 15 is 0 Å². The van der Waals surface area contributed by atoms with Gasteiger partial charge in [0.05, 0.1) is 24.4 Å². The van der Waals surface area contributed by atoms with Crippen LogP contribution in [0.1, 0.15) is 50.5 Å². The highest BCUT2D eigenvalue weighted by molar-refractivity contribution is 9.10. The van der Waals surface area contributed by atoms with Crippen LogP contribution in [0, 0.1) is 0 Å². The maximum absolute atomic E-state index is 9.97. The Labute approximate surface area is 224 Å². The van der Waals surface area contributed by atoms with Gasteiger partial charge in [0.15, 0.2) is 0 Å². The number of fused-ring (bicyclic) bond motifs is 2. The molecule has 2 aliphatic rings. The van der Waals surface area contributed by atoms with Crippen molar-refractivity contribution in [1.29, 1.82) is 0 Å². The average Bonchev–Trinajstić information content (AvgIpc) is 3.36. The van der Waals surface area contributed by atoms with Gasteiger partial charge in [-0.25, -0.2) is 0 Å². The van der Waals surface area contributed by atoms with E-state index in [2.05, 4.69) is 15.9 Å². The van der Waals surface area contributed by atoms with Gasteiger partial charge in [-0.1, -0.05) is 34.5 Å². The lowest BCUT2D eigenvalue weighted by molar-refractivity contribution is 0.123. The van der Waals surface area contributed by atoms with Crippen molar-refractivity contribution in [1.82, 2.24) is 0 Å². The van der Waals surface area contributed by atoms with E-state index < -0.39 is 32.5 Å². The molecule has 0 aromatic heterocycles. The highest BCUT2D eigenvalue weighted by atomic mass is 79.9. The van der Waals surface area contributed by atoms with Crippen LogP contribution in [-0.4, -0.2) is 66.5 Å². The quantitative estimate of drug-likeness (QED) is 0.288. The fourth-order valence-corrected chi connectivity index (χ4v) is 4.96. The van der Waals surface area contributed by atoms with Crippen molar-refractivity contribution in [2.24, 2.45) is 5.73 Å². The molecule has 0 fully saturated rings. The average molecular weight is 586 g/mol. The maximum atomic E-state index is 9.97. The van der Waals surface area contributed by atoms with E-state index in [0.717, 1.165) is 16.5 Å². The Morgan fingerprint density at radius 2 is 1.44 bits per heavy atom. The minimum atomic E-state index is -1.10. The molecule has 4 atom stereocenters. The van der Waals surface area contributed by atoms with E-state index in [1.165, 1.54) is 0 Å². The molecule has 0 aliphatic carbocycles. The van der Waals surface area contributed by atoms with Crippen molar-refractivity contribution in [3.63, 3.8) is 0 Å². The molecule has 6 N–H and O–H groups in total. The van der Waals surface area contributed by atoms with E-state index in [0.29, 0.717) is 33.0 Å². The summed E-state index contributed by atoms with van der Waals surface area (Å²) < 4.78 is 22.7. The first kappa shape index (κ1) is 29.2. The van der Waals surface area contributed by atoms with E-state index in [1.807, 2.05) is 13.0 Å². The van der Waals surface area contributed by atoms with Crippen LogP contribution >= 0.6 is 27.5 Å². The lowest BCUT2D eigenvalue weighted by atomic mass is 9.78. The van der Waals surface area contributed by atoms with Gasteiger partial charge in [0.25, 0.3) is 0 Å². The second kappa shape index (κ2) is 12.9. The smallest absolute Gasteiger partial charge is 0.491 e. The number of aliphatic hydroxyl groups is 2. The van der Waals surface area contributed by atoms with Crippen LogP contribution in [0.15, 0.2) is 28.7 Å². The van der Waals surface area contributed by atoms with Crippen molar-refractivity contribution in [2.45, 2.75) is 51.6 Å². The summed E-state index contributed by atoms with van der Waals surface area (Å²) in [5, 5.41) is 38.8. The molecule has 13 heteroatoms. The van der Waals surface area contributed by atoms with Crippen LogP contribution in [0.3, 0.4) is 0 Å². The van der Waals surface area contributed by atoms with Crippen LogP contribution in [0.5, 0.6) is 11.5 Å². The van der Waals surface area contributed by atoms with Crippen molar-refractivity contribution < 1.29 is 39.0 Å². The molecule has 4 rings (SSSR count). The summed E-state index contributed by atoms with van der Waals surface area (Å²) in [6.45, 7) is 5.82. The predicted octanol–water partition coefficient (Wildman–Crippen LogP) is 1.19. The zero-order valence-corrected chi connectivity index (χ0v) is 22.7. The summed E-state index contributed by atoms with van der Waals surface area (Å²) in [6, 6.07) is 6.97. The molecule has 2 unspecified atom stereocenters. The molecule has 196 valence electrons. The number of rotatable bonds is 8. The Kier molecular flexibility index (Phi) is 10.5. The summed E-state index contributed by atoms with van der Waals surface area (Å²) in [7, 11) is -2.07. The molecule has 2 aromatic carbocycles. The summed E-state index contributed by atoms with van der Waals surface area (Å²) >= 11 is 9.57. The first-order valence-electron chi connectivity index (χ1n) is 11.7. The van der Waals surface area contributed by atoms with Gasteiger partial charge >= 0.3 is 14.2 Å². The Balaban J connectivity index is 0.000000201. The van der Waals surface area contributed by atoms with E-state index in [1.54, 1.807) is 32.0 Å². The number of halogens is 2. The van der Waals surface area contributed by atoms with Gasteiger partial charge in [-0.2, -0.15) is 0 Å².